The van der Waals surface area contributed by atoms with E-state index in [9.17, 15) is 57.8 Å². The van der Waals surface area contributed by atoms with E-state index in [2.05, 4.69) is 55.5 Å². The zero-order valence-electron chi connectivity index (χ0n) is 34.5. The molecule has 7 aromatic rings. The summed E-state index contributed by atoms with van der Waals surface area (Å²) in [6.07, 6.45) is 2.74. The summed E-state index contributed by atoms with van der Waals surface area (Å²) in [6, 6.07) is 21.6. The number of benzene rings is 5. The summed E-state index contributed by atoms with van der Waals surface area (Å²) in [5.41, 5.74) is 0.456. The van der Waals surface area contributed by atoms with Gasteiger partial charge in [0.25, 0.3) is 30.4 Å². The Morgan fingerprint density at radius 3 is 1.86 bits per heavy atom. The van der Waals surface area contributed by atoms with Crippen molar-refractivity contribution in [3.63, 3.8) is 0 Å². The fourth-order valence-electron chi connectivity index (χ4n) is 6.03. The van der Waals surface area contributed by atoms with Crippen molar-refractivity contribution in [3.05, 3.63) is 121 Å². The summed E-state index contributed by atoms with van der Waals surface area (Å²) in [6.45, 7) is 1.17. The number of carbonyl (C=O) groups is 2. The maximum Gasteiger partial charge on any atom is 0.444 e. The van der Waals surface area contributed by atoms with E-state index in [1.165, 1.54) is 78.5 Å². The van der Waals surface area contributed by atoms with Crippen LogP contribution in [0.15, 0.2) is 151 Å². The third-order valence-electron chi connectivity index (χ3n) is 8.96. The monoisotopic (exact) mass is 1020 g/mol. The Balaban J connectivity index is 1.22. The minimum Gasteiger partial charge on any atom is -0.478 e. The predicted molar refractivity (Wildman–Crippen MR) is 242 cm³/mol. The average Bonchev–Trinajstić information content (AvgIpc) is 3.27. The van der Waals surface area contributed by atoms with Gasteiger partial charge in [0, 0.05) is 29.8 Å². The second kappa shape index (κ2) is 19.6. The zero-order valence-corrected chi connectivity index (χ0v) is 37.8. The molecule has 26 nitrogen and oxygen atoms in total. The van der Waals surface area contributed by atoms with Crippen LogP contribution in [0.5, 0.6) is 5.75 Å². The normalized spacial score (nSPS) is 12.5. The van der Waals surface area contributed by atoms with Gasteiger partial charge in [0.05, 0.1) is 39.9 Å². The van der Waals surface area contributed by atoms with Crippen LogP contribution < -0.4 is 24.7 Å². The number of nitrogens with zero attached hydrogens (tertiary/aromatic N) is 8. The first-order valence-electron chi connectivity index (χ1n) is 18.8. The molecule has 0 saturated carbocycles. The van der Waals surface area contributed by atoms with E-state index < -0.39 is 74.8 Å². The van der Waals surface area contributed by atoms with Crippen molar-refractivity contribution < 1.29 is 71.1 Å². The number of pyridine rings is 1. The number of aromatic carboxylic acids is 1. The lowest BCUT2D eigenvalue weighted by molar-refractivity contribution is -0.603. The number of carboxylic acids is 1. The van der Waals surface area contributed by atoms with Gasteiger partial charge in [0.15, 0.2) is 0 Å². The third-order valence-corrected chi connectivity index (χ3v) is 11.9. The van der Waals surface area contributed by atoms with E-state index in [4.69, 9.17) is 4.55 Å². The number of anilines is 5. The number of aromatic nitrogens is 4. The van der Waals surface area contributed by atoms with E-state index in [-0.39, 0.29) is 56.1 Å². The highest BCUT2D eigenvalue weighted by Crippen LogP contribution is 2.38. The number of rotatable bonds is 16. The van der Waals surface area contributed by atoms with Crippen LogP contribution in [-0.4, -0.2) is 79.6 Å². The van der Waals surface area contributed by atoms with Crippen LogP contribution in [0.2, 0.25) is 0 Å². The van der Waals surface area contributed by atoms with E-state index in [1.54, 1.807) is 24.3 Å². The molecule has 7 rings (SSSR count). The van der Waals surface area contributed by atoms with Gasteiger partial charge in [-0.2, -0.15) is 39.7 Å². The summed E-state index contributed by atoms with van der Waals surface area (Å²) in [5, 5.41) is 33.6. The lowest BCUT2D eigenvalue weighted by Gasteiger charge is -2.11. The van der Waals surface area contributed by atoms with Crippen molar-refractivity contribution in [2.75, 3.05) is 16.0 Å². The van der Waals surface area contributed by atoms with Gasteiger partial charge in [-0.05, 0) is 112 Å². The number of hydrogen-bond donors (Lipinski definition) is 8. The molecule has 0 fully saturated rings. The molecule has 1 amide bonds. The van der Waals surface area contributed by atoms with Crippen LogP contribution in [0.4, 0.5) is 51.7 Å². The minimum absolute atomic E-state index is 0.0358. The van der Waals surface area contributed by atoms with Gasteiger partial charge in [0.1, 0.15) is 26.9 Å². The molecule has 0 aliphatic carbocycles. The van der Waals surface area contributed by atoms with Crippen LogP contribution in [-0.2, 0) is 46.5 Å². The Kier molecular flexibility index (Phi) is 13.9. The Morgan fingerprint density at radius 2 is 1.28 bits per heavy atom. The average molecular weight is 1020 g/mol. The zero-order chi connectivity index (χ0) is 49.8. The second-order valence-corrected chi connectivity index (χ2v) is 18.7. The highest BCUT2D eigenvalue weighted by Gasteiger charge is 2.24. The molecule has 30 heteroatoms. The number of hydrogen-bond acceptors (Lipinski definition) is 19. The van der Waals surface area contributed by atoms with Crippen molar-refractivity contribution in [2.45, 2.75) is 21.6 Å². The van der Waals surface area contributed by atoms with E-state index >= 15 is 0 Å². The molecule has 69 heavy (non-hydrogen) atoms. The molecule has 8 N–H and O–H groups in total. The van der Waals surface area contributed by atoms with Crippen LogP contribution in [0, 0.1) is 0 Å². The first-order chi connectivity index (χ1) is 32.5. The quantitative estimate of drug-likeness (QED) is 0.0220. The first-order valence-corrected chi connectivity index (χ1v) is 24.2. The molecular formula is C39H30N11O15S4+. The second-order valence-electron chi connectivity index (χ2n) is 13.9. The van der Waals surface area contributed by atoms with E-state index in [0.29, 0.717) is 23.1 Å². The molecule has 1 unspecified atom stereocenters. The largest absolute Gasteiger partial charge is 0.478 e. The molecule has 2 heterocycles. The standard InChI is InChI=1S/C39H29N11O15S4/c1-21(51)40-32-17-27(10-13-31(32)48-49-33-19-30-23(16-35(33)69(62,63)64)15-28(65-66(54)55)18-34(30)68(59,60)61)42-38-43-37(44-39(45-38)50-14-2-3-22(20-50)36(52)53)41-24-4-6-25(7-5-24)46-47-26-8-11-29(12-9-26)67(56,57)58/h2-20H,1H3,(H7-,40,41,42,43,44,45,47,49,51,52,53,54,55,56,57,58,59,60,61,62,63,64)/p+1. The SMILES string of the molecule is CC(=O)Nc1cc(Nc2nc(Nc3ccc(N=Nc4ccc(S(=O)(=O)O)cc4)cc3)nc(-[n+]3cccc(C(=O)O)c3)n2)ccc1N=Nc1cc2c(S(=O)(=O)O)cc(OS(=O)O)cc2cc1S(=O)(=O)O. The molecule has 0 bridgehead atoms. The van der Waals surface area contributed by atoms with Crippen molar-refractivity contribution in [1.29, 1.82) is 0 Å². The van der Waals surface area contributed by atoms with Gasteiger partial charge in [-0.15, -0.1) is 15.2 Å². The van der Waals surface area contributed by atoms with Crippen molar-refractivity contribution in [3.8, 4) is 11.7 Å². The highest BCUT2D eigenvalue weighted by molar-refractivity contribution is 7.86. The lowest BCUT2D eigenvalue weighted by atomic mass is 10.1. The molecule has 354 valence electrons. The number of fused-ring (bicyclic) bond motifs is 1. The smallest absolute Gasteiger partial charge is 0.444 e. The Morgan fingerprint density at radius 1 is 0.681 bits per heavy atom. The molecule has 0 aliphatic heterocycles. The van der Waals surface area contributed by atoms with Gasteiger partial charge in [-0.1, -0.05) is 0 Å². The number of azo groups is 2. The maximum absolute atomic E-state index is 12.5. The Labute approximate surface area is 391 Å². The van der Waals surface area contributed by atoms with Gasteiger partial charge in [-0.3, -0.25) is 23.0 Å². The molecule has 5 aromatic carbocycles. The predicted octanol–water partition coefficient (Wildman–Crippen LogP) is 6.53. The van der Waals surface area contributed by atoms with Gasteiger partial charge in [0.2, 0.25) is 5.91 Å². The van der Waals surface area contributed by atoms with Crippen LogP contribution >= 0.6 is 0 Å². The molecule has 0 spiro atoms. The molecule has 1 atom stereocenters. The van der Waals surface area contributed by atoms with Gasteiger partial charge in [-0.25, -0.2) is 9.36 Å². The minimum atomic E-state index is -5.14. The highest BCUT2D eigenvalue weighted by atomic mass is 32.2. The molecule has 0 aliphatic rings. The van der Waals surface area contributed by atoms with Crippen molar-refractivity contribution in [1.82, 2.24) is 15.0 Å². The third kappa shape index (κ3) is 12.5. The Bertz CT molecular complexity index is 3640. The molecule has 2 aromatic heterocycles. The van der Waals surface area contributed by atoms with E-state index in [0.717, 1.165) is 18.2 Å². The summed E-state index contributed by atoms with van der Waals surface area (Å²) >= 11 is -2.96. The Hall–Kier alpha value is -8.10. The van der Waals surface area contributed by atoms with E-state index in [1.807, 2.05) is 0 Å². The number of carboxylic acid groups (broad SMARTS) is 1. The lowest BCUT2D eigenvalue weighted by Crippen LogP contribution is -2.34. The number of carbonyl (C=O) groups excluding carboxylic acids is 1. The van der Waals surface area contributed by atoms with Crippen LogP contribution in [0.1, 0.15) is 17.3 Å². The van der Waals surface area contributed by atoms with Gasteiger partial charge < -0.3 is 25.2 Å². The summed E-state index contributed by atoms with van der Waals surface area (Å²) in [5.74, 6) is -2.63. The number of nitrogens with one attached hydrogen (secondary N) is 3. The maximum atomic E-state index is 12.5. The van der Waals surface area contributed by atoms with Crippen molar-refractivity contribution in [2.24, 2.45) is 20.5 Å². The van der Waals surface area contributed by atoms with Crippen molar-refractivity contribution >= 4 is 116 Å². The topological polar surface area (TPSA) is 392 Å². The number of amides is 1. The molecular weight excluding hydrogens is 991 g/mol. The molecule has 0 radical (unpaired) electrons. The van der Waals surface area contributed by atoms with Gasteiger partial charge >= 0.3 is 35.2 Å². The van der Waals surface area contributed by atoms with Crippen LogP contribution in [0.25, 0.3) is 16.7 Å². The van der Waals surface area contributed by atoms with Crippen LogP contribution in [0.3, 0.4) is 0 Å². The fraction of sp³-hybridized carbons (Fsp3) is 0.0256. The molecule has 0 saturated heterocycles. The summed E-state index contributed by atoms with van der Waals surface area (Å²) in [7, 11) is -14.6. The summed E-state index contributed by atoms with van der Waals surface area (Å²) in [4.78, 5) is 35.4. The first kappa shape index (κ1) is 48.8. The summed E-state index contributed by atoms with van der Waals surface area (Å²) < 4.78 is 128. The fourth-order valence-corrected chi connectivity index (χ4v) is 8.13.